The van der Waals surface area contributed by atoms with E-state index in [0.717, 1.165) is 25.7 Å². The van der Waals surface area contributed by atoms with E-state index in [9.17, 15) is 13.6 Å². The number of rotatable bonds is 11. The van der Waals surface area contributed by atoms with Crippen LogP contribution >= 0.6 is 11.8 Å². The molecule has 2 aromatic rings. The number of thioether (sulfide) groups is 1. The van der Waals surface area contributed by atoms with Crippen molar-refractivity contribution in [2.45, 2.75) is 57.3 Å². The summed E-state index contributed by atoms with van der Waals surface area (Å²) >= 11 is 1.18. The maximum Gasteiger partial charge on any atom is 0.387 e. The molecule has 0 saturated carbocycles. The van der Waals surface area contributed by atoms with E-state index in [2.05, 4.69) is 27.2 Å². The molecule has 1 aromatic carbocycles. The van der Waals surface area contributed by atoms with Gasteiger partial charge >= 0.3 is 6.61 Å². The molecule has 0 spiro atoms. The minimum Gasteiger partial charge on any atom is -0.435 e. The molecule has 1 unspecified atom stereocenters. The van der Waals surface area contributed by atoms with E-state index < -0.39 is 6.61 Å². The Balaban J connectivity index is 1.89. The van der Waals surface area contributed by atoms with Crippen molar-refractivity contribution in [3.8, 4) is 17.1 Å². The summed E-state index contributed by atoms with van der Waals surface area (Å²) in [4.78, 5) is 12.1. The molecule has 154 valence electrons. The Hall–Kier alpha value is -2.36. The number of alkyl halides is 2. The first kappa shape index (κ1) is 21.9. The summed E-state index contributed by atoms with van der Waals surface area (Å²) in [5, 5.41) is 11.3. The van der Waals surface area contributed by atoms with Crippen LogP contribution in [0.1, 0.15) is 39.5 Å². The molecule has 0 aliphatic heterocycles. The number of nitrogens with one attached hydrogen (secondary N) is 1. The highest BCUT2D eigenvalue weighted by atomic mass is 32.2. The Labute approximate surface area is 167 Å². The lowest BCUT2D eigenvalue weighted by Gasteiger charge is -2.13. The second-order valence-corrected chi connectivity index (χ2v) is 7.27. The van der Waals surface area contributed by atoms with Crippen LogP contribution in [0.15, 0.2) is 29.4 Å². The van der Waals surface area contributed by atoms with Crippen LogP contribution in [0.2, 0.25) is 0 Å². The highest BCUT2D eigenvalue weighted by molar-refractivity contribution is 7.99. The van der Waals surface area contributed by atoms with Gasteiger partial charge in [0.1, 0.15) is 5.75 Å². The third-order valence-corrected chi connectivity index (χ3v) is 4.93. The third kappa shape index (κ3) is 6.66. The largest absolute Gasteiger partial charge is 0.435 e. The Kier molecular flexibility index (Phi) is 8.49. The van der Waals surface area contributed by atoms with Crippen LogP contribution in [0.5, 0.6) is 5.75 Å². The number of benzene rings is 1. The van der Waals surface area contributed by atoms with Crippen LogP contribution in [0, 0.1) is 0 Å². The van der Waals surface area contributed by atoms with Gasteiger partial charge in [-0.1, -0.05) is 37.9 Å². The average molecular weight is 413 g/mol. The lowest BCUT2D eigenvalue weighted by molar-refractivity contribution is -0.119. The number of carbonyl (C=O) groups is 1. The predicted molar refractivity (Wildman–Crippen MR) is 105 cm³/mol. The second kappa shape index (κ2) is 10.8. The molecule has 2 rings (SSSR count). The van der Waals surface area contributed by atoms with E-state index in [-0.39, 0.29) is 23.5 Å². The Morgan fingerprint density at radius 1 is 1.29 bits per heavy atom. The Morgan fingerprint density at radius 2 is 2.00 bits per heavy atom. The molecule has 3 N–H and O–H groups in total. The van der Waals surface area contributed by atoms with Gasteiger partial charge in [-0.25, -0.2) is 4.68 Å². The van der Waals surface area contributed by atoms with Crippen molar-refractivity contribution in [1.82, 2.24) is 20.2 Å². The van der Waals surface area contributed by atoms with Gasteiger partial charge in [0.25, 0.3) is 0 Å². The fraction of sp³-hybridized carbons (Fsp3) is 0.500. The van der Waals surface area contributed by atoms with Gasteiger partial charge in [-0.15, -0.1) is 10.2 Å². The molecule has 0 radical (unpaired) electrons. The zero-order valence-electron chi connectivity index (χ0n) is 15.9. The molecule has 0 aliphatic rings. The standard InChI is InChI=1S/C18H25F2N5O2S/c1-3-4-5-6-12(2)22-15(26)11-28-18-24-23-16(25(18)21)13-7-9-14(10-8-13)27-17(19)20/h7-10,12,17H,3-6,11,21H2,1-2H3,(H,22,26). The second-order valence-electron chi connectivity index (χ2n) is 6.33. The molecular formula is C18H25F2N5O2S. The highest BCUT2D eigenvalue weighted by Gasteiger charge is 2.15. The van der Waals surface area contributed by atoms with E-state index in [0.29, 0.717) is 16.5 Å². The van der Waals surface area contributed by atoms with Crippen molar-refractivity contribution >= 4 is 17.7 Å². The van der Waals surface area contributed by atoms with Crippen LogP contribution in [0.4, 0.5) is 8.78 Å². The molecular weight excluding hydrogens is 388 g/mol. The number of hydrogen-bond donors (Lipinski definition) is 2. The first-order valence-corrected chi connectivity index (χ1v) is 10.1. The number of nitrogens with zero attached hydrogens (tertiary/aromatic N) is 3. The number of carbonyl (C=O) groups excluding carboxylic acids is 1. The van der Waals surface area contributed by atoms with Crippen molar-refractivity contribution < 1.29 is 18.3 Å². The molecule has 0 bridgehead atoms. The normalized spacial score (nSPS) is 12.2. The van der Waals surface area contributed by atoms with Gasteiger partial charge in [-0.3, -0.25) is 4.79 Å². The topological polar surface area (TPSA) is 95.1 Å². The smallest absolute Gasteiger partial charge is 0.387 e. The molecule has 0 saturated heterocycles. The summed E-state index contributed by atoms with van der Waals surface area (Å²) in [7, 11) is 0. The van der Waals surface area contributed by atoms with Crippen molar-refractivity contribution in [3.05, 3.63) is 24.3 Å². The number of nitrogens with two attached hydrogens (primary N) is 1. The minimum atomic E-state index is -2.88. The van der Waals surface area contributed by atoms with Gasteiger partial charge in [-0.2, -0.15) is 8.78 Å². The van der Waals surface area contributed by atoms with Crippen LogP contribution in [0.3, 0.4) is 0 Å². The van der Waals surface area contributed by atoms with Gasteiger partial charge in [0.2, 0.25) is 11.1 Å². The first-order valence-electron chi connectivity index (χ1n) is 9.08. The maximum atomic E-state index is 12.2. The molecule has 0 aliphatic carbocycles. The first-order chi connectivity index (χ1) is 13.4. The molecule has 28 heavy (non-hydrogen) atoms. The van der Waals surface area contributed by atoms with Crippen LogP contribution < -0.4 is 15.9 Å². The van der Waals surface area contributed by atoms with E-state index in [4.69, 9.17) is 5.84 Å². The van der Waals surface area contributed by atoms with Crippen molar-refractivity contribution in [2.75, 3.05) is 11.6 Å². The molecule has 1 atom stereocenters. The molecule has 0 fully saturated rings. The number of aromatic nitrogens is 3. The molecule has 1 heterocycles. The number of amides is 1. The van der Waals surface area contributed by atoms with Gasteiger partial charge in [-0.05, 0) is 37.6 Å². The quantitative estimate of drug-likeness (QED) is 0.333. The number of hydrogen-bond acceptors (Lipinski definition) is 6. The fourth-order valence-electron chi connectivity index (χ4n) is 2.58. The number of nitrogen functional groups attached to an aromatic ring is 1. The third-order valence-electron chi connectivity index (χ3n) is 3.98. The molecule has 1 aromatic heterocycles. The SMILES string of the molecule is CCCCCC(C)NC(=O)CSc1nnc(-c2ccc(OC(F)F)cc2)n1N. The van der Waals surface area contributed by atoms with E-state index in [1.165, 1.54) is 28.6 Å². The summed E-state index contributed by atoms with van der Waals surface area (Å²) in [6.07, 6.45) is 4.34. The van der Waals surface area contributed by atoms with Crippen LogP contribution in [-0.2, 0) is 4.79 Å². The van der Waals surface area contributed by atoms with Crippen molar-refractivity contribution in [3.63, 3.8) is 0 Å². The number of ether oxygens (including phenoxy) is 1. The highest BCUT2D eigenvalue weighted by Crippen LogP contribution is 2.24. The van der Waals surface area contributed by atoms with Crippen LogP contribution in [-0.4, -0.2) is 39.2 Å². The summed E-state index contributed by atoms with van der Waals surface area (Å²) in [5.41, 5.74) is 0.595. The van der Waals surface area contributed by atoms with Gasteiger partial charge in [0, 0.05) is 11.6 Å². The van der Waals surface area contributed by atoms with Gasteiger partial charge in [0.15, 0.2) is 5.82 Å². The molecule has 1 amide bonds. The molecule has 7 nitrogen and oxygen atoms in total. The zero-order valence-corrected chi connectivity index (χ0v) is 16.7. The average Bonchev–Trinajstić information content (AvgIpc) is 3.01. The maximum absolute atomic E-state index is 12.2. The van der Waals surface area contributed by atoms with Crippen LogP contribution in [0.25, 0.3) is 11.4 Å². The van der Waals surface area contributed by atoms with E-state index >= 15 is 0 Å². The van der Waals surface area contributed by atoms with Crippen molar-refractivity contribution in [2.24, 2.45) is 0 Å². The van der Waals surface area contributed by atoms with E-state index in [1.54, 1.807) is 12.1 Å². The van der Waals surface area contributed by atoms with E-state index in [1.807, 2.05) is 6.92 Å². The fourth-order valence-corrected chi connectivity index (χ4v) is 3.24. The summed E-state index contributed by atoms with van der Waals surface area (Å²) in [6.45, 7) is 1.25. The molecule has 10 heteroatoms. The van der Waals surface area contributed by atoms with Gasteiger partial charge in [0.05, 0.1) is 5.75 Å². The summed E-state index contributed by atoms with van der Waals surface area (Å²) < 4.78 is 30.0. The monoisotopic (exact) mass is 413 g/mol. The minimum absolute atomic E-state index is 0.0427. The lowest BCUT2D eigenvalue weighted by atomic mass is 10.1. The van der Waals surface area contributed by atoms with Crippen molar-refractivity contribution in [1.29, 1.82) is 0 Å². The lowest BCUT2D eigenvalue weighted by Crippen LogP contribution is -2.33. The number of unbranched alkanes of at least 4 members (excludes halogenated alkanes) is 2. The number of halogens is 2. The summed E-state index contributed by atoms with van der Waals surface area (Å²) in [5.74, 6) is 6.50. The Bertz CT molecular complexity index is 755. The zero-order chi connectivity index (χ0) is 20.5. The predicted octanol–water partition coefficient (Wildman–Crippen LogP) is 3.44. The Morgan fingerprint density at radius 3 is 2.64 bits per heavy atom. The summed E-state index contributed by atoms with van der Waals surface area (Å²) in [6, 6.07) is 6.04. The van der Waals surface area contributed by atoms with Gasteiger partial charge < -0.3 is 15.9 Å².